The molecule has 1 aliphatic rings. The van der Waals surface area contributed by atoms with Crippen LogP contribution in [0.1, 0.15) is 22.7 Å². The first-order valence-electron chi connectivity index (χ1n) is 8.29. The number of hydrogen-bond acceptors (Lipinski definition) is 6. The van der Waals surface area contributed by atoms with Crippen molar-refractivity contribution in [2.75, 3.05) is 37.6 Å². The summed E-state index contributed by atoms with van der Waals surface area (Å²) in [6.45, 7) is 4.83. The summed E-state index contributed by atoms with van der Waals surface area (Å²) >= 11 is 0. The lowest BCUT2D eigenvalue weighted by Crippen LogP contribution is -2.49. The number of nitrogens with one attached hydrogen (secondary N) is 1. The molecule has 1 saturated heterocycles. The first kappa shape index (κ1) is 16.9. The van der Waals surface area contributed by atoms with Crippen LogP contribution in [-0.4, -0.2) is 59.6 Å². The second-order valence-electron chi connectivity index (χ2n) is 5.88. The van der Waals surface area contributed by atoms with Crippen LogP contribution in [0.2, 0.25) is 0 Å². The lowest BCUT2D eigenvalue weighted by atomic mass is 10.2. The molecular formula is C17H21N5O3. The molecule has 8 heteroatoms. The molecule has 132 valence electrons. The summed E-state index contributed by atoms with van der Waals surface area (Å²) in [4.78, 5) is 32.4. The van der Waals surface area contributed by atoms with E-state index in [-0.39, 0.29) is 30.5 Å². The molecule has 0 aromatic carbocycles. The highest BCUT2D eigenvalue weighted by molar-refractivity contribution is 5.92. The summed E-state index contributed by atoms with van der Waals surface area (Å²) < 4.78 is 4.86. The Bertz CT molecular complexity index is 723. The summed E-state index contributed by atoms with van der Waals surface area (Å²) in [7, 11) is 0. The SMILES string of the molecule is Cc1cc(C(=O)NCCC(=O)N2CCN(c3ccccn3)CC2)no1. The van der Waals surface area contributed by atoms with Gasteiger partial charge < -0.3 is 19.6 Å². The van der Waals surface area contributed by atoms with Crippen molar-refractivity contribution in [3.63, 3.8) is 0 Å². The predicted molar refractivity (Wildman–Crippen MR) is 91.2 cm³/mol. The first-order chi connectivity index (χ1) is 12.1. The zero-order chi connectivity index (χ0) is 17.6. The van der Waals surface area contributed by atoms with Crippen molar-refractivity contribution in [3.05, 3.63) is 41.9 Å². The minimum Gasteiger partial charge on any atom is -0.361 e. The van der Waals surface area contributed by atoms with Gasteiger partial charge >= 0.3 is 0 Å². The number of hydrogen-bond donors (Lipinski definition) is 1. The molecule has 0 bridgehead atoms. The Hall–Kier alpha value is -2.90. The Morgan fingerprint density at radius 3 is 2.68 bits per heavy atom. The van der Waals surface area contributed by atoms with Crippen molar-refractivity contribution >= 4 is 17.6 Å². The van der Waals surface area contributed by atoms with Crippen molar-refractivity contribution in [1.82, 2.24) is 20.4 Å². The van der Waals surface area contributed by atoms with Gasteiger partial charge in [0.2, 0.25) is 5.91 Å². The number of amides is 2. The van der Waals surface area contributed by atoms with Crippen LogP contribution in [0.3, 0.4) is 0 Å². The number of carbonyl (C=O) groups is 2. The molecule has 2 aromatic rings. The second-order valence-corrected chi connectivity index (χ2v) is 5.88. The molecule has 8 nitrogen and oxygen atoms in total. The van der Waals surface area contributed by atoms with Crippen LogP contribution < -0.4 is 10.2 Å². The molecule has 2 aromatic heterocycles. The van der Waals surface area contributed by atoms with Crippen LogP contribution in [0, 0.1) is 6.92 Å². The van der Waals surface area contributed by atoms with E-state index in [9.17, 15) is 9.59 Å². The van der Waals surface area contributed by atoms with Crippen molar-refractivity contribution < 1.29 is 14.1 Å². The maximum atomic E-state index is 12.3. The Labute approximate surface area is 145 Å². The molecule has 0 aliphatic carbocycles. The molecule has 1 aliphatic heterocycles. The quantitative estimate of drug-likeness (QED) is 0.865. The highest BCUT2D eigenvalue weighted by Gasteiger charge is 2.21. The summed E-state index contributed by atoms with van der Waals surface area (Å²) in [5.41, 5.74) is 0.230. The average Bonchev–Trinajstić information content (AvgIpc) is 3.09. The van der Waals surface area contributed by atoms with Crippen molar-refractivity contribution in [2.45, 2.75) is 13.3 Å². The smallest absolute Gasteiger partial charge is 0.273 e. The number of carbonyl (C=O) groups excluding carboxylic acids is 2. The van der Waals surface area contributed by atoms with Gasteiger partial charge in [-0.25, -0.2) is 4.98 Å². The van der Waals surface area contributed by atoms with Gasteiger partial charge in [0, 0.05) is 51.4 Å². The number of aryl methyl sites for hydroxylation is 1. The fraction of sp³-hybridized carbons (Fsp3) is 0.412. The van der Waals surface area contributed by atoms with E-state index in [1.807, 2.05) is 23.1 Å². The molecule has 0 atom stereocenters. The Kier molecular flexibility index (Phi) is 5.27. The van der Waals surface area contributed by atoms with Gasteiger partial charge in [-0.05, 0) is 19.1 Å². The largest absolute Gasteiger partial charge is 0.361 e. The van der Waals surface area contributed by atoms with E-state index in [0.717, 1.165) is 18.9 Å². The molecule has 1 fully saturated rings. The van der Waals surface area contributed by atoms with Crippen LogP contribution in [0.5, 0.6) is 0 Å². The molecular weight excluding hydrogens is 322 g/mol. The minimum absolute atomic E-state index is 0.0392. The van der Waals surface area contributed by atoms with Gasteiger partial charge in [0.1, 0.15) is 11.6 Å². The summed E-state index contributed by atoms with van der Waals surface area (Å²) in [5, 5.41) is 6.33. The third kappa shape index (κ3) is 4.34. The van der Waals surface area contributed by atoms with E-state index in [4.69, 9.17) is 4.52 Å². The average molecular weight is 343 g/mol. The van der Waals surface area contributed by atoms with Crippen LogP contribution in [0.15, 0.2) is 35.0 Å². The Morgan fingerprint density at radius 2 is 2.04 bits per heavy atom. The minimum atomic E-state index is -0.329. The number of aromatic nitrogens is 2. The molecule has 0 radical (unpaired) electrons. The normalized spacial score (nSPS) is 14.4. The molecule has 0 saturated carbocycles. The number of anilines is 1. The third-order valence-corrected chi connectivity index (χ3v) is 4.09. The zero-order valence-electron chi connectivity index (χ0n) is 14.1. The van der Waals surface area contributed by atoms with Gasteiger partial charge in [0.25, 0.3) is 5.91 Å². The lowest BCUT2D eigenvalue weighted by Gasteiger charge is -2.35. The predicted octanol–water partition coefficient (Wildman–Crippen LogP) is 0.847. The Balaban J connectivity index is 1.40. The van der Waals surface area contributed by atoms with Gasteiger partial charge in [-0.2, -0.15) is 0 Å². The van der Waals surface area contributed by atoms with E-state index in [1.165, 1.54) is 0 Å². The van der Waals surface area contributed by atoms with Gasteiger partial charge in [0.15, 0.2) is 5.69 Å². The van der Waals surface area contributed by atoms with Gasteiger partial charge in [0.05, 0.1) is 0 Å². The summed E-state index contributed by atoms with van der Waals surface area (Å²) in [6, 6.07) is 7.38. The fourth-order valence-electron chi connectivity index (χ4n) is 2.73. The van der Waals surface area contributed by atoms with E-state index < -0.39 is 0 Å². The summed E-state index contributed by atoms with van der Waals surface area (Å²) in [5.74, 6) is 1.22. The standard InChI is InChI=1S/C17H21N5O3/c1-13-12-14(20-25-13)17(24)19-7-5-16(23)22-10-8-21(9-11-22)15-4-2-3-6-18-15/h2-4,6,12H,5,7-11H2,1H3,(H,19,24). The monoisotopic (exact) mass is 343 g/mol. The molecule has 1 N–H and O–H groups in total. The first-order valence-corrected chi connectivity index (χ1v) is 8.29. The van der Waals surface area contributed by atoms with Crippen LogP contribution >= 0.6 is 0 Å². The van der Waals surface area contributed by atoms with Crippen molar-refractivity contribution in [2.24, 2.45) is 0 Å². The molecule has 25 heavy (non-hydrogen) atoms. The molecule has 3 rings (SSSR count). The maximum Gasteiger partial charge on any atom is 0.273 e. The van der Waals surface area contributed by atoms with Crippen LogP contribution in [-0.2, 0) is 4.79 Å². The van der Waals surface area contributed by atoms with Crippen molar-refractivity contribution in [1.29, 1.82) is 0 Å². The van der Waals surface area contributed by atoms with Gasteiger partial charge in [-0.1, -0.05) is 11.2 Å². The number of piperazine rings is 1. The van der Waals surface area contributed by atoms with Gasteiger partial charge in [-0.15, -0.1) is 0 Å². The molecule has 0 unspecified atom stereocenters. The van der Waals surface area contributed by atoms with E-state index in [2.05, 4.69) is 20.4 Å². The van der Waals surface area contributed by atoms with Gasteiger partial charge in [-0.3, -0.25) is 9.59 Å². The van der Waals surface area contributed by atoms with E-state index in [0.29, 0.717) is 18.8 Å². The number of nitrogens with zero attached hydrogens (tertiary/aromatic N) is 4. The fourth-order valence-corrected chi connectivity index (χ4v) is 2.73. The lowest BCUT2D eigenvalue weighted by molar-refractivity contribution is -0.131. The molecule has 3 heterocycles. The van der Waals surface area contributed by atoms with E-state index >= 15 is 0 Å². The number of pyridine rings is 1. The summed E-state index contributed by atoms with van der Waals surface area (Å²) in [6.07, 6.45) is 2.04. The van der Waals surface area contributed by atoms with E-state index in [1.54, 1.807) is 19.2 Å². The third-order valence-electron chi connectivity index (χ3n) is 4.09. The molecule has 0 spiro atoms. The topological polar surface area (TPSA) is 91.6 Å². The van der Waals surface area contributed by atoms with Crippen LogP contribution in [0.25, 0.3) is 0 Å². The highest BCUT2D eigenvalue weighted by Crippen LogP contribution is 2.12. The number of rotatable bonds is 5. The molecule has 2 amide bonds. The van der Waals surface area contributed by atoms with Crippen LogP contribution in [0.4, 0.5) is 5.82 Å². The Morgan fingerprint density at radius 1 is 1.24 bits per heavy atom. The van der Waals surface area contributed by atoms with Crippen molar-refractivity contribution in [3.8, 4) is 0 Å². The maximum absolute atomic E-state index is 12.3. The highest BCUT2D eigenvalue weighted by atomic mass is 16.5. The second kappa shape index (κ2) is 7.78. The zero-order valence-corrected chi connectivity index (χ0v) is 14.1.